The maximum Gasteiger partial charge on any atom is 0.236 e. The standard InChI is InChI=1S/C18H22IN5O2S/c19-16-6-7-18(22-15-16)23-10-12-24(13-11-23)27(25,26)14-3-1-2-5-17-20-8-4-9-21-17/h3-4,6-9,14-15H,1-2,5,10-13H2/b14-3-. The fraction of sp³-hybridized carbons (Fsp3) is 0.389. The van der Waals surface area contributed by atoms with Crippen LogP contribution in [0.15, 0.2) is 48.3 Å². The summed E-state index contributed by atoms with van der Waals surface area (Å²) in [5, 5.41) is 1.33. The number of aryl methyl sites for hydroxylation is 1. The molecule has 1 fully saturated rings. The molecule has 3 heterocycles. The highest BCUT2D eigenvalue weighted by Crippen LogP contribution is 2.17. The minimum atomic E-state index is -3.37. The van der Waals surface area contributed by atoms with Gasteiger partial charge in [0.05, 0.1) is 0 Å². The second kappa shape index (κ2) is 9.56. The van der Waals surface area contributed by atoms with Crippen molar-refractivity contribution >= 4 is 38.4 Å². The van der Waals surface area contributed by atoms with E-state index in [0.29, 0.717) is 32.6 Å². The van der Waals surface area contributed by atoms with Gasteiger partial charge in [-0.25, -0.2) is 23.4 Å². The smallest absolute Gasteiger partial charge is 0.236 e. The Bertz CT molecular complexity index is 851. The van der Waals surface area contributed by atoms with E-state index in [1.54, 1.807) is 24.5 Å². The third kappa shape index (κ3) is 5.94. The summed E-state index contributed by atoms with van der Waals surface area (Å²) in [6.45, 7) is 2.23. The van der Waals surface area contributed by atoms with Gasteiger partial charge >= 0.3 is 0 Å². The Kier molecular flexibility index (Phi) is 7.13. The number of hydrogen-bond acceptors (Lipinski definition) is 6. The molecular formula is C18H22IN5O2S. The molecule has 1 aliphatic heterocycles. The fourth-order valence-corrected chi connectivity index (χ4v) is 4.38. The SMILES string of the molecule is O=S(=O)(/C=C\CCCc1ncccn1)N1CCN(c2ccc(I)cn2)CC1. The number of halogens is 1. The molecule has 1 aliphatic rings. The van der Waals surface area contributed by atoms with Crippen LogP contribution in [0.2, 0.25) is 0 Å². The fourth-order valence-electron chi connectivity index (χ4n) is 2.84. The number of sulfonamides is 1. The molecule has 0 aliphatic carbocycles. The van der Waals surface area contributed by atoms with E-state index in [4.69, 9.17) is 0 Å². The van der Waals surface area contributed by atoms with E-state index in [1.165, 1.54) is 9.71 Å². The van der Waals surface area contributed by atoms with Crippen LogP contribution in [-0.4, -0.2) is 53.9 Å². The lowest BCUT2D eigenvalue weighted by molar-refractivity contribution is 0.388. The summed E-state index contributed by atoms with van der Waals surface area (Å²) in [6, 6.07) is 5.77. The average molecular weight is 499 g/mol. The van der Waals surface area contributed by atoms with E-state index in [2.05, 4.69) is 42.4 Å². The predicted molar refractivity (Wildman–Crippen MR) is 114 cm³/mol. The second-order valence-corrected chi connectivity index (χ2v) is 9.26. The van der Waals surface area contributed by atoms with Gasteiger partial charge in [0.1, 0.15) is 11.6 Å². The third-order valence-corrected chi connectivity index (χ3v) is 6.55. The molecule has 0 bridgehead atoms. The van der Waals surface area contributed by atoms with Crippen molar-refractivity contribution in [1.82, 2.24) is 19.3 Å². The quantitative estimate of drug-likeness (QED) is 0.430. The summed E-state index contributed by atoms with van der Waals surface area (Å²) in [4.78, 5) is 14.9. The van der Waals surface area contributed by atoms with Gasteiger partial charge in [0.15, 0.2) is 0 Å². The summed E-state index contributed by atoms with van der Waals surface area (Å²) in [6.07, 6.45) is 9.23. The molecule has 0 unspecified atom stereocenters. The predicted octanol–water partition coefficient (Wildman–Crippen LogP) is 2.46. The summed E-state index contributed by atoms with van der Waals surface area (Å²) in [5.41, 5.74) is 0. The van der Waals surface area contributed by atoms with E-state index >= 15 is 0 Å². The second-order valence-electron chi connectivity index (χ2n) is 6.19. The number of nitrogens with zero attached hydrogens (tertiary/aromatic N) is 5. The van der Waals surface area contributed by atoms with Gasteiger partial charge < -0.3 is 4.90 Å². The zero-order valence-electron chi connectivity index (χ0n) is 14.9. The van der Waals surface area contributed by atoms with Gasteiger partial charge in [0.25, 0.3) is 0 Å². The Morgan fingerprint density at radius 2 is 1.81 bits per heavy atom. The van der Waals surface area contributed by atoms with Crippen LogP contribution in [0, 0.1) is 3.57 Å². The first-order chi connectivity index (χ1) is 13.0. The zero-order chi connectivity index (χ0) is 19.1. The molecule has 7 nitrogen and oxygen atoms in total. The van der Waals surface area contributed by atoms with Crippen LogP contribution in [0.5, 0.6) is 0 Å². The van der Waals surface area contributed by atoms with Crippen molar-refractivity contribution < 1.29 is 8.42 Å². The average Bonchev–Trinajstić information content (AvgIpc) is 2.69. The lowest BCUT2D eigenvalue weighted by Gasteiger charge is -2.34. The van der Waals surface area contributed by atoms with Crippen molar-refractivity contribution in [1.29, 1.82) is 0 Å². The molecule has 3 rings (SSSR count). The van der Waals surface area contributed by atoms with Crippen LogP contribution in [0.25, 0.3) is 0 Å². The monoisotopic (exact) mass is 499 g/mol. The Balaban J connectivity index is 1.45. The molecule has 0 N–H and O–H groups in total. The van der Waals surface area contributed by atoms with Gasteiger partial charge in [-0.3, -0.25) is 0 Å². The Morgan fingerprint density at radius 1 is 1.07 bits per heavy atom. The number of aromatic nitrogens is 3. The van der Waals surface area contributed by atoms with Crippen molar-refractivity contribution in [2.75, 3.05) is 31.1 Å². The Hall–Kier alpha value is -1.59. The first-order valence-corrected chi connectivity index (χ1v) is 11.4. The van der Waals surface area contributed by atoms with Gasteiger partial charge in [-0.2, -0.15) is 4.31 Å². The van der Waals surface area contributed by atoms with E-state index in [0.717, 1.165) is 28.1 Å². The van der Waals surface area contributed by atoms with Gasteiger partial charge in [0, 0.05) is 60.2 Å². The molecule has 0 radical (unpaired) electrons. The zero-order valence-corrected chi connectivity index (χ0v) is 17.9. The number of piperazine rings is 1. The first-order valence-electron chi connectivity index (χ1n) is 8.84. The molecule has 2 aromatic heterocycles. The largest absolute Gasteiger partial charge is 0.354 e. The molecule has 2 aromatic rings. The molecule has 1 saturated heterocycles. The molecule has 0 saturated carbocycles. The number of anilines is 1. The number of pyridine rings is 1. The minimum Gasteiger partial charge on any atom is -0.354 e. The molecule has 27 heavy (non-hydrogen) atoms. The molecule has 144 valence electrons. The number of unbranched alkanes of at least 4 members (excludes halogenated alkanes) is 1. The highest BCUT2D eigenvalue weighted by atomic mass is 127. The van der Waals surface area contributed by atoms with Gasteiger partial charge in [-0.1, -0.05) is 6.08 Å². The van der Waals surface area contributed by atoms with Gasteiger partial charge in [-0.05, 0) is 53.6 Å². The first kappa shape index (κ1) is 20.2. The van der Waals surface area contributed by atoms with Crippen molar-refractivity contribution in [2.24, 2.45) is 0 Å². The van der Waals surface area contributed by atoms with E-state index in [-0.39, 0.29) is 0 Å². The molecule has 0 amide bonds. The molecule has 0 spiro atoms. The molecule has 0 atom stereocenters. The topological polar surface area (TPSA) is 79.3 Å². The van der Waals surface area contributed by atoms with E-state index < -0.39 is 10.0 Å². The van der Waals surface area contributed by atoms with E-state index in [9.17, 15) is 8.42 Å². The van der Waals surface area contributed by atoms with Crippen LogP contribution < -0.4 is 4.90 Å². The van der Waals surface area contributed by atoms with Crippen molar-refractivity contribution in [2.45, 2.75) is 19.3 Å². The highest BCUT2D eigenvalue weighted by Gasteiger charge is 2.25. The lowest BCUT2D eigenvalue weighted by Crippen LogP contribution is -2.48. The van der Waals surface area contributed by atoms with Crippen LogP contribution in [0.1, 0.15) is 18.7 Å². The minimum absolute atomic E-state index is 0.470. The molecule has 0 aromatic carbocycles. The third-order valence-electron chi connectivity index (χ3n) is 4.29. The van der Waals surface area contributed by atoms with Crippen molar-refractivity contribution in [3.05, 3.63) is 57.7 Å². The number of rotatable bonds is 7. The van der Waals surface area contributed by atoms with Crippen LogP contribution in [0.4, 0.5) is 5.82 Å². The van der Waals surface area contributed by atoms with E-state index in [1.807, 2.05) is 18.3 Å². The van der Waals surface area contributed by atoms with Crippen molar-refractivity contribution in [3.63, 3.8) is 0 Å². The summed E-state index contributed by atoms with van der Waals surface area (Å²) in [7, 11) is -3.37. The summed E-state index contributed by atoms with van der Waals surface area (Å²) in [5.74, 6) is 1.68. The van der Waals surface area contributed by atoms with Gasteiger partial charge in [-0.15, -0.1) is 0 Å². The van der Waals surface area contributed by atoms with Crippen LogP contribution >= 0.6 is 22.6 Å². The lowest BCUT2D eigenvalue weighted by atomic mass is 10.2. The van der Waals surface area contributed by atoms with Crippen LogP contribution in [-0.2, 0) is 16.4 Å². The maximum atomic E-state index is 12.5. The number of allylic oxidation sites excluding steroid dienone is 1. The molecule has 9 heteroatoms. The summed E-state index contributed by atoms with van der Waals surface area (Å²) < 4.78 is 27.6. The Labute approximate surface area is 173 Å². The highest BCUT2D eigenvalue weighted by molar-refractivity contribution is 14.1. The summed E-state index contributed by atoms with van der Waals surface area (Å²) >= 11 is 2.22. The maximum absolute atomic E-state index is 12.5. The van der Waals surface area contributed by atoms with Crippen LogP contribution in [0.3, 0.4) is 0 Å². The Morgan fingerprint density at radius 3 is 2.48 bits per heavy atom. The molecular weight excluding hydrogens is 477 g/mol. The number of hydrogen-bond donors (Lipinski definition) is 0. The normalized spacial score (nSPS) is 16.1. The van der Waals surface area contributed by atoms with Crippen molar-refractivity contribution in [3.8, 4) is 0 Å². The van der Waals surface area contributed by atoms with Gasteiger partial charge in [0.2, 0.25) is 10.0 Å².